The van der Waals surface area contributed by atoms with Crippen LogP contribution in [0.25, 0.3) is 0 Å². The molecule has 1 fully saturated rings. The molecule has 1 aliphatic heterocycles. The summed E-state index contributed by atoms with van der Waals surface area (Å²) in [6.45, 7) is 0.253. The van der Waals surface area contributed by atoms with Gasteiger partial charge in [0.25, 0.3) is 0 Å². The first kappa shape index (κ1) is 10.4. The molecule has 2 rings (SSSR count). The molecular weight excluding hydrogens is 212 g/mol. The Balaban J connectivity index is 2.13. The Morgan fingerprint density at radius 3 is 2.94 bits per heavy atom. The van der Waals surface area contributed by atoms with E-state index in [9.17, 15) is 9.59 Å². The second-order valence-electron chi connectivity index (χ2n) is 3.26. The molecule has 1 unspecified atom stereocenters. The lowest BCUT2D eigenvalue weighted by Crippen LogP contribution is -2.19. The Morgan fingerprint density at radius 2 is 2.44 bits per heavy atom. The molecule has 16 heavy (non-hydrogen) atoms. The predicted octanol–water partition coefficient (Wildman–Crippen LogP) is 0.649. The van der Waals surface area contributed by atoms with Crippen molar-refractivity contribution in [2.24, 2.45) is 0 Å². The fourth-order valence-corrected chi connectivity index (χ4v) is 1.39. The maximum absolute atomic E-state index is 11.1. The fourth-order valence-electron chi connectivity index (χ4n) is 1.39. The van der Waals surface area contributed by atoms with Crippen LogP contribution in [-0.2, 0) is 9.47 Å². The molecule has 1 aromatic heterocycles. The van der Waals surface area contributed by atoms with Gasteiger partial charge in [-0.05, 0) is 12.1 Å². The van der Waals surface area contributed by atoms with E-state index >= 15 is 0 Å². The summed E-state index contributed by atoms with van der Waals surface area (Å²) in [5.74, 6) is -0.439. The van der Waals surface area contributed by atoms with Crippen LogP contribution in [0.3, 0.4) is 0 Å². The van der Waals surface area contributed by atoms with Crippen LogP contribution in [0.1, 0.15) is 22.1 Å². The van der Waals surface area contributed by atoms with E-state index in [2.05, 4.69) is 15.0 Å². The van der Waals surface area contributed by atoms with Crippen LogP contribution in [0.2, 0.25) is 0 Å². The van der Waals surface area contributed by atoms with E-state index in [0.29, 0.717) is 11.3 Å². The molecule has 1 N–H and O–H groups in total. The number of aromatic nitrogens is 1. The predicted molar refractivity (Wildman–Crippen MR) is 52.8 cm³/mol. The first-order chi connectivity index (χ1) is 7.70. The van der Waals surface area contributed by atoms with E-state index in [0.717, 1.165) is 0 Å². The van der Waals surface area contributed by atoms with Crippen LogP contribution in [0.15, 0.2) is 18.3 Å². The third-order valence-corrected chi connectivity index (χ3v) is 2.24. The van der Waals surface area contributed by atoms with Gasteiger partial charge in [0.2, 0.25) is 0 Å². The zero-order valence-electron chi connectivity index (χ0n) is 8.60. The third-order valence-electron chi connectivity index (χ3n) is 2.24. The van der Waals surface area contributed by atoms with Gasteiger partial charge in [-0.2, -0.15) is 0 Å². The monoisotopic (exact) mass is 222 g/mol. The second-order valence-corrected chi connectivity index (χ2v) is 3.26. The number of esters is 1. The normalized spacial score (nSPS) is 18.8. The number of alkyl carbamates (subject to hydrolysis) is 1. The average Bonchev–Trinajstić information content (AvgIpc) is 2.75. The summed E-state index contributed by atoms with van der Waals surface area (Å²) in [6, 6.07) is 3.00. The molecule has 1 aliphatic rings. The van der Waals surface area contributed by atoms with Gasteiger partial charge in [-0.25, -0.2) is 9.59 Å². The maximum atomic E-state index is 11.1. The van der Waals surface area contributed by atoms with Gasteiger partial charge in [-0.3, -0.25) is 4.98 Å². The highest BCUT2D eigenvalue weighted by Gasteiger charge is 2.24. The van der Waals surface area contributed by atoms with E-state index in [1.807, 2.05) is 0 Å². The Kier molecular flexibility index (Phi) is 2.72. The van der Waals surface area contributed by atoms with E-state index in [4.69, 9.17) is 4.74 Å². The first-order valence-corrected chi connectivity index (χ1v) is 4.68. The molecule has 0 bridgehead atoms. The minimum absolute atomic E-state index is 0.251. The molecule has 84 valence electrons. The highest BCUT2D eigenvalue weighted by Crippen LogP contribution is 2.16. The van der Waals surface area contributed by atoms with E-state index in [1.165, 1.54) is 13.3 Å². The van der Waals surface area contributed by atoms with Crippen molar-refractivity contribution < 1.29 is 19.1 Å². The van der Waals surface area contributed by atoms with Crippen LogP contribution < -0.4 is 5.32 Å². The van der Waals surface area contributed by atoms with Crippen molar-refractivity contribution in [2.45, 2.75) is 6.04 Å². The topological polar surface area (TPSA) is 77.5 Å². The van der Waals surface area contributed by atoms with Crippen LogP contribution in [0.5, 0.6) is 0 Å². The molecule has 0 saturated carbocycles. The number of methoxy groups -OCH3 is 1. The number of nitrogens with one attached hydrogen (secondary N) is 1. The highest BCUT2D eigenvalue weighted by atomic mass is 16.6. The minimum Gasteiger partial charge on any atom is -0.465 e. The van der Waals surface area contributed by atoms with Gasteiger partial charge < -0.3 is 14.8 Å². The van der Waals surface area contributed by atoms with Crippen LogP contribution >= 0.6 is 0 Å². The first-order valence-electron chi connectivity index (χ1n) is 4.68. The molecule has 1 atom stereocenters. The quantitative estimate of drug-likeness (QED) is 0.743. The van der Waals surface area contributed by atoms with Crippen LogP contribution in [0, 0.1) is 0 Å². The molecule has 2 heterocycles. The number of carbonyl (C=O) groups is 2. The number of rotatable bonds is 2. The van der Waals surface area contributed by atoms with Crippen molar-refractivity contribution in [2.75, 3.05) is 13.7 Å². The Hall–Kier alpha value is -2.11. The van der Waals surface area contributed by atoms with Gasteiger partial charge in [0.15, 0.2) is 0 Å². The van der Waals surface area contributed by atoms with Gasteiger partial charge in [0.1, 0.15) is 12.6 Å². The number of nitrogens with zero attached hydrogens (tertiary/aromatic N) is 1. The zero-order chi connectivity index (χ0) is 11.5. The summed E-state index contributed by atoms with van der Waals surface area (Å²) in [6.07, 6.45) is 0.954. The van der Waals surface area contributed by atoms with Crippen LogP contribution in [-0.4, -0.2) is 30.8 Å². The number of amides is 1. The molecule has 1 saturated heterocycles. The van der Waals surface area contributed by atoms with E-state index < -0.39 is 12.1 Å². The van der Waals surface area contributed by atoms with Gasteiger partial charge >= 0.3 is 12.1 Å². The van der Waals surface area contributed by atoms with Crippen LogP contribution in [0.4, 0.5) is 4.79 Å². The van der Waals surface area contributed by atoms with Gasteiger partial charge in [-0.15, -0.1) is 0 Å². The van der Waals surface area contributed by atoms with E-state index in [-0.39, 0.29) is 12.6 Å². The molecule has 1 amide bonds. The van der Waals surface area contributed by atoms with Gasteiger partial charge in [-0.1, -0.05) is 0 Å². The summed E-state index contributed by atoms with van der Waals surface area (Å²) in [5, 5.41) is 2.59. The lowest BCUT2D eigenvalue weighted by molar-refractivity contribution is 0.0600. The molecule has 6 nitrogen and oxygen atoms in total. The standard InChI is InChI=1S/C10H10N2O4/c1-15-9(13)6-2-3-7(11-4-6)8-5-16-10(14)12-8/h2-4,8H,5H2,1H3,(H,12,14). The molecular formula is C10H10N2O4. The second kappa shape index (κ2) is 4.18. The van der Waals surface area contributed by atoms with Crippen molar-refractivity contribution in [3.63, 3.8) is 0 Å². The Bertz CT molecular complexity index is 415. The summed E-state index contributed by atoms with van der Waals surface area (Å²) in [4.78, 5) is 26.0. The van der Waals surface area contributed by atoms with Crippen molar-refractivity contribution >= 4 is 12.1 Å². The lowest BCUT2D eigenvalue weighted by Gasteiger charge is -2.06. The maximum Gasteiger partial charge on any atom is 0.407 e. The summed E-state index contributed by atoms with van der Waals surface area (Å²) >= 11 is 0. The number of cyclic esters (lactones) is 1. The van der Waals surface area contributed by atoms with E-state index in [1.54, 1.807) is 12.1 Å². The van der Waals surface area contributed by atoms with Crippen molar-refractivity contribution in [3.05, 3.63) is 29.6 Å². The number of pyridine rings is 1. The molecule has 1 aromatic rings. The van der Waals surface area contributed by atoms with Crippen molar-refractivity contribution in [1.82, 2.24) is 10.3 Å². The number of ether oxygens (including phenoxy) is 2. The number of hydrogen-bond acceptors (Lipinski definition) is 5. The SMILES string of the molecule is COC(=O)c1ccc(C2COC(=O)N2)nc1. The highest BCUT2D eigenvalue weighted by molar-refractivity contribution is 5.88. The fraction of sp³-hybridized carbons (Fsp3) is 0.300. The molecule has 6 heteroatoms. The summed E-state index contributed by atoms with van der Waals surface area (Å²) < 4.78 is 9.28. The molecule has 0 aromatic carbocycles. The van der Waals surface area contributed by atoms with Crippen molar-refractivity contribution in [1.29, 1.82) is 0 Å². The summed E-state index contributed by atoms with van der Waals surface area (Å²) in [7, 11) is 1.31. The smallest absolute Gasteiger partial charge is 0.407 e. The van der Waals surface area contributed by atoms with Gasteiger partial charge in [0.05, 0.1) is 18.4 Å². The lowest BCUT2D eigenvalue weighted by atomic mass is 10.2. The van der Waals surface area contributed by atoms with Crippen molar-refractivity contribution in [3.8, 4) is 0 Å². The zero-order valence-corrected chi connectivity index (χ0v) is 8.60. The Labute approximate surface area is 91.6 Å². The largest absolute Gasteiger partial charge is 0.465 e. The molecule has 0 radical (unpaired) electrons. The number of hydrogen-bond donors (Lipinski definition) is 1. The average molecular weight is 222 g/mol. The Morgan fingerprint density at radius 1 is 1.62 bits per heavy atom. The number of carbonyl (C=O) groups excluding carboxylic acids is 2. The molecule has 0 aliphatic carbocycles. The molecule has 0 spiro atoms. The minimum atomic E-state index is -0.455. The van der Waals surface area contributed by atoms with Gasteiger partial charge in [0, 0.05) is 6.20 Å². The third kappa shape index (κ3) is 1.95. The summed E-state index contributed by atoms with van der Waals surface area (Å²) in [5.41, 5.74) is 1.02.